The lowest BCUT2D eigenvalue weighted by Gasteiger charge is -2.05. The number of ketones is 1. The van der Waals surface area contributed by atoms with Crippen LogP contribution in [0.4, 0.5) is 26.3 Å². The van der Waals surface area contributed by atoms with E-state index in [-0.39, 0.29) is 18.2 Å². The fourth-order valence-corrected chi connectivity index (χ4v) is 3.26. The lowest BCUT2D eigenvalue weighted by atomic mass is 10.1. The van der Waals surface area contributed by atoms with E-state index in [2.05, 4.69) is 4.74 Å². The second kappa shape index (κ2) is 22.9. The van der Waals surface area contributed by atoms with Gasteiger partial charge < -0.3 is 9.53 Å². The zero-order chi connectivity index (χ0) is 27.0. The smallest absolute Gasteiger partial charge is 0.392 e. The Kier molecular flexibility index (Phi) is 23.3. The standard InChI is InChI=1S/C13H21F3O2.C13H23F3O/c1-18-12(17)10-8-6-4-2-3-5-7-9-11-13(14,15)16;1-12(17)10-8-6-4-2-3-5-7-9-11-13(14,15)16/h7,9H,2-6,8,10-11H2,1H3;2-11H2,1H3/b9-7+;. The predicted octanol–water partition coefficient (Wildman–Crippen LogP) is 9.44. The van der Waals surface area contributed by atoms with Crippen LogP contribution < -0.4 is 0 Å². The maximum absolute atomic E-state index is 11.8. The molecule has 0 heterocycles. The zero-order valence-corrected chi connectivity index (χ0v) is 21.4. The third kappa shape index (κ3) is 37.2. The van der Waals surface area contributed by atoms with Crippen LogP contribution in [0.1, 0.15) is 122 Å². The Morgan fingerprint density at radius 1 is 0.629 bits per heavy atom. The van der Waals surface area contributed by atoms with Gasteiger partial charge in [-0.3, -0.25) is 4.79 Å². The molecule has 0 rings (SSSR count). The zero-order valence-electron chi connectivity index (χ0n) is 21.4. The summed E-state index contributed by atoms with van der Waals surface area (Å²) in [7, 11) is 1.37. The van der Waals surface area contributed by atoms with Gasteiger partial charge >= 0.3 is 18.3 Å². The highest BCUT2D eigenvalue weighted by molar-refractivity contribution is 5.75. The maximum Gasteiger partial charge on any atom is 0.392 e. The number of methoxy groups -OCH3 is 1. The van der Waals surface area contributed by atoms with Crippen molar-refractivity contribution < 1.29 is 40.7 Å². The van der Waals surface area contributed by atoms with Crippen molar-refractivity contribution >= 4 is 11.8 Å². The largest absolute Gasteiger partial charge is 0.469 e. The fourth-order valence-electron chi connectivity index (χ4n) is 3.26. The summed E-state index contributed by atoms with van der Waals surface area (Å²) >= 11 is 0. The molecule has 208 valence electrons. The average Bonchev–Trinajstić information content (AvgIpc) is 2.74. The molecule has 9 heteroatoms. The Morgan fingerprint density at radius 2 is 1.09 bits per heavy atom. The third-order valence-electron chi connectivity index (χ3n) is 5.23. The highest BCUT2D eigenvalue weighted by atomic mass is 19.4. The van der Waals surface area contributed by atoms with Crippen molar-refractivity contribution in [3.05, 3.63) is 12.2 Å². The SMILES string of the molecule is CC(=O)CCCCCCCCCCC(F)(F)F.COC(=O)CCCCCCC/C=C/CC(F)(F)F. The van der Waals surface area contributed by atoms with Crippen LogP contribution in [-0.2, 0) is 14.3 Å². The van der Waals surface area contributed by atoms with E-state index < -0.39 is 25.2 Å². The topological polar surface area (TPSA) is 43.4 Å². The molecule has 0 saturated heterocycles. The first-order valence-electron chi connectivity index (χ1n) is 12.7. The van der Waals surface area contributed by atoms with Crippen molar-refractivity contribution in [3.8, 4) is 0 Å². The van der Waals surface area contributed by atoms with E-state index in [1.54, 1.807) is 13.0 Å². The lowest BCUT2D eigenvalue weighted by molar-refractivity contribution is -0.140. The third-order valence-corrected chi connectivity index (χ3v) is 5.23. The number of allylic oxidation sites excluding steroid dienone is 2. The second-order valence-electron chi connectivity index (χ2n) is 8.82. The molecule has 0 aliphatic rings. The van der Waals surface area contributed by atoms with E-state index in [0.29, 0.717) is 25.7 Å². The van der Waals surface area contributed by atoms with Gasteiger partial charge in [0, 0.05) is 19.3 Å². The number of carbonyl (C=O) groups excluding carboxylic acids is 2. The van der Waals surface area contributed by atoms with Crippen molar-refractivity contribution in [1.82, 2.24) is 0 Å². The summed E-state index contributed by atoms with van der Waals surface area (Å²) in [5.74, 6) is 0.0437. The van der Waals surface area contributed by atoms with Crippen LogP contribution in [-0.4, -0.2) is 31.2 Å². The molecule has 0 bridgehead atoms. The van der Waals surface area contributed by atoms with E-state index in [0.717, 1.165) is 70.6 Å². The first-order chi connectivity index (χ1) is 16.4. The molecule has 0 amide bonds. The van der Waals surface area contributed by atoms with Crippen molar-refractivity contribution in [2.75, 3.05) is 7.11 Å². The van der Waals surface area contributed by atoms with E-state index >= 15 is 0 Å². The Hall–Kier alpha value is -1.54. The molecule has 3 nitrogen and oxygen atoms in total. The summed E-state index contributed by atoms with van der Waals surface area (Å²) in [5.41, 5.74) is 0. The Balaban J connectivity index is 0. The van der Waals surface area contributed by atoms with Gasteiger partial charge in [-0.05, 0) is 39.0 Å². The number of ether oxygens (including phenoxy) is 1. The normalized spacial score (nSPS) is 11.9. The Morgan fingerprint density at radius 3 is 1.54 bits per heavy atom. The van der Waals surface area contributed by atoms with Gasteiger partial charge in [0.25, 0.3) is 0 Å². The average molecular weight is 519 g/mol. The van der Waals surface area contributed by atoms with Crippen molar-refractivity contribution in [1.29, 1.82) is 0 Å². The first-order valence-corrected chi connectivity index (χ1v) is 12.7. The number of hydrogen-bond donors (Lipinski definition) is 0. The van der Waals surface area contributed by atoms with Crippen LogP contribution in [0.3, 0.4) is 0 Å². The summed E-state index contributed by atoms with van der Waals surface area (Å²) in [6.07, 6.45) is 6.64. The second-order valence-corrected chi connectivity index (χ2v) is 8.82. The number of halogens is 6. The minimum absolute atomic E-state index is 0.190. The van der Waals surface area contributed by atoms with Crippen LogP contribution in [0.5, 0.6) is 0 Å². The highest BCUT2D eigenvalue weighted by Gasteiger charge is 2.25. The molecule has 0 aliphatic heterocycles. The molecule has 0 radical (unpaired) electrons. The van der Waals surface area contributed by atoms with Gasteiger partial charge in [0.15, 0.2) is 0 Å². The lowest BCUT2D eigenvalue weighted by Crippen LogP contribution is -2.06. The maximum atomic E-state index is 11.8. The number of esters is 1. The summed E-state index contributed by atoms with van der Waals surface area (Å²) in [6, 6.07) is 0. The molecule has 0 N–H and O–H groups in total. The van der Waals surface area contributed by atoms with Crippen LogP contribution in [0.15, 0.2) is 12.2 Å². The molecule has 0 saturated carbocycles. The monoisotopic (exact) mass is 518 g/mol. The van der Waals surface area contributed by atoms with Crippen LogP contribution >= 0.6 is 0 Å². The molecule has 0 atom stereocenters. The molecular weight excluding hydrogens is 474 g/mol. The fraction of sp³-hybridized carbons (Fsp3) is 0.846. The summed E-state index contributed by atoms with van der Waals surface area (Å²) in [6.45, 7) is 1.60. The molecule has 0 fully saturated rings. The van der Waals surface area contributed by atoms with Gasteiger partial charge in [-0.25, -0.2) is 0 Å². The number of alkyl halides is 6. The summed E-state index contributed by atoms with van der Waals surface area (Å²) in [5, 5.41) is 0. The van der Waals surface area contributed by atoms with Gasteiger partial charge in [0.05, 0.1) is 13.5 Å². The van der Waals surface area contributed by atoms with Crippen molar-refractivity contribution in [2.24, 2.45) is 0 Å². The highest BCUT2D eigenvalue weighted by Crippen LogP contribution is 2.23. The summed E-state index contributed by atoms with van der Waals surface area (Å²) in [4.78, 5) is 21.4. The van der Waals surface area contributed by atoms with Gasteiger partial charge in [0.2, 0.25) is 0 Å². The molecule has 0 aliphatic carbocycles. The molecular formula is C26H44F6O3. The van der Waals surface area contributed by atoms with Crippen LogP contribution in [0, 0.1) is 0 Å². The van der Waals surface area contributed by atoms with E-state index in [9.17, 15) is 35.9 Å². The number of hydrogen-bond acceptors (Lipinski definition) is 3. The van der Waals surface area contributed by atoms with E-state index in [1.807, 2.05) is 0 Å². The van der Waals surface area contributed by atoms with Crippen molar-refractivity contribution in [3.63, 3.8) is 0 Å². The number of carbonyl (C=O) groups is 2. The van der Waals surface area contributed by atoms with E-state index in [1.165, 1.54) is 13.2 Å². The minimum atomic E-state index is -4.09. The van der Waals surface area contributed by atoms with Gasteiger partial charge in [0.1, 0.15) is 5.78 Å². The van der Waals surface area contributed by atoms with Crippen LogP contribution in [0.2, 0.25) is 0 Å². The number of rotatable bonds is 19. The van der Waals surface area contributed by atoms with Crippen molar-refractivity contribution in [2.45, 2.75) is 135 Å². The minimum Gasteiger partial charge on any atom is -0.469 e. The Labute approximate surface area is 207 Å². The molecule has 0 aromatic heterocycles. The predicted molar refractivity (Wildman–Crippen MR) is 127 cm³/mol. The molecule has 0 aromatic rings. The van der Waals surface area contributed by atoms with E-state index in [4.69, 9.17) is 0 Å². The summed E-state index contributed by atoms with van der Waals surface area (Å²) < 4.78 is 75.3. The quantitative estimate of drug-likeness (QED) is 0.0740. The molecule has 0 spiro atoms. The van der Waals surface area contributed by atoms with Crippen LogP contribution in [0.25, 0.3) is 0 Å². The molecule has 35 heavy (non-hydrogen) atoms. The van der Waals surface area contributed by atoms with Gasteiger partial charge in [-0.2, -0.15) is 26.3 Å². The number of unbranched alkanes of at least 4 members (excludes halogenated alkanes) is 12. The van der Waals surface area contributed by atoms with Gasteiger partial charge in [-0.1, -0.05) is 69.9 Å². The molecule has 0 aromatic carbocycles. The van der Waals surface area contributed by atoms with Gasteiger partial charge in [-0.15, -0.1) is 0 Å². The Bertz CT molecular complexity index is 542. The molecule has 0 unspecified atom stereocenters. The first kappa shape index (κ1) is 35.6. The number of Topliss-reactive ketones (excluding diaryl/α,β-unsaturated/α-hetero) is 1.